The Bertz CT molecular complexity index is 1500. The van der Waals surface area contributed by atoms with E-state index in [2.05, 4.69) is 38.2 Å². The topological polar surface area (TPSA) is 175 Å². The maximum atomic E-state index is 13.5. The van der Waals surface area contributed by atoms with E-state index < -0.39 is 67.4 Å². The minimum absolute atomic E-state index is 0.131. The van der Waals surface area contributed by atoms with Crippen molar-refractivity contribution in [1.29, 1.82) is 0 Å². The largest absolute Gasteiger partial charge is 0.454 e. The van der Waals surface area contributed by atoms with Gasteiger partial charge in [-0.15, -0.1) is 0 Å². The maximum Gasteiger partial charge on any atom is 0.306 e. The van der Waals surface area contributed by atoms with E-state index in [1.807, 2.05) is 6.08 Å². The van der Waals surface area contributed by atoms with Gasteiger partial charge in [-0.05, 0) is 51.4 Å². The van der Waals surface area contributed by atoms with Gasteiger partial charge >= 0.3 is 5.97 Å². The van der Waals surface area contributed by atoms with Crippen LogP contribution in [0.3, 0.4) is 0 Å². The van der Waals surface area contributed by atoms with Crippen LogP contribution in [0, 0.1) is 0 Å². The van der Waals surface area contributed by atoms with Gasteiger partial charge in [0, 0.05) is 6.42 Å². The van der Waals surface area contributed by atoms with Gasteiger partial charge < -0.3 is 45.1 Å². The zero-order valence-corrected chi connectivity index (χ0v) is 56.7. The quantitative estimate of drug-likeness (QED) is 0.0195. The fourth-order valence-corrected chi connectivity index (χ4v) is 12.2. The van der Waals surface area contributed by atoms with E-state index in [4.69, 9.17) is 14.2 Å². The molecule has 1 saturated heterocycles. The molecule has 11 nitrogen and oxygen atoms in total. The summed E-state index contributed by atoms with van der Waals surface area (Å²) in [7, 11) is 0. The molecule has 1 fully saturated rings. The molecule has 6 N–H and O–H groups in total. The number of esters is 1. The number of aliphatic hydroxyl groups excluding tert-OH is 5. The lowest BCUT2D eigenvalue weighted by atomic mass is 9.99. The summed E-state index contributed by atoms with van der Waals surface area (Å²) in [5.74, 6) is -1.17. The summed E-state index contributed by atoms with van der Waals surface area (Å²) in [6.07, 6.45) is 66.6. The second kappa shape index (κ2) is 63.3. The molecule has 508 valence electrons. The van der Waals surface area contributed by atoms with Gasteiger partial charge in [0.25, 0.3) is 0 Å². The number of ether oxygens (including phenoxy) is 3. The molecule has 8 atom stereocenters. The van der Waals surface area contributed by atoms with Crippen molar-refractivity contribution in [3.8, 4) is 0 Å². The first-order chi connectivity index (χ1) is 42.2. The molecular weight excluding hydrogens is 1070 g/mol. The molecule has 1 aliphatic heterocycles. The van der Waals surface area contributed by atoms with Crippen molar-refractivity contribution < 1.29 is 49.3 Å². The van der Waals surface area contributed by atoms with Crippen LogP contribution in [0.4, 0.5) is 0 Å². The normalized spacial score (nSPS) is 18.3. The Morgan fingerprint density at radius 3 is 1.13 bits per heavy atom. The van der Waals surface area contributed by atoms with Crippen LogP contribution in [0.25, 0.3) is 0 Å². The van der Waals surface area contributed by atoms with Crippen LogP contribution in [-0.2, 0) is 23.8 Å². The van der Waals surface area contributed by atoms with E-state index in [1.165, 1.54) is 276 Å². The third-order valence-corrected chi connectivity index (χ3v) is 18.1. The molecule has 1 heterocycles. The second-order valence-corrected chi connectivity index (χ2v) is 26.4. The molecule has 86 heavy (non-hydrogen) atoms. The number of amides is 1. The van der Waals surface area contributed by atoms with Crippen molar-refractivity contribution in [2.24, 2.45) is 0 Å². The van der Waals surface area contributed by atoms with Crippen molar-refractivity contribution in [2.45, 2.75) is 429 Å². The minimum Gasteiger partial charge on any atom is -0.454 e. The van der Waals surface area contributed by atoms with Crippen LogP contribution in [0.2, 0.25) is 0 Å². The molecule has 0 bridgehead atoms. The van der Waals surface area contributed by atoms with Crippen molar-refractivity contribution in [3.63, 3.8) is 0 Å². The number of allylic oxidation sites excluding steroid dienone is 3. The number of nitrogens with one attached hydrogen (secondary N) is 1. The van der Waals surface area contributed by atoms with Gasteiger partial charge in [-0.25, -0.2) is 0 Å². The Balaban J connectivity index is 2.53. The number of carbonyl (C=O) groups is 2. The molecule has 1 amide bonds. The van der Waals surface area contributed by atoms with Crippen LogP contribution in [0.5, 0.6) is 0 Å². The first-order valence-electron chi connectivity index (χ1n) is 37.6. The lowest BCUT2D eigenvalue weighted by Crippen LogP contribution is -2.61. The number of carbonyl (C=O) groups excluding carboxylic acids is 2. The Kier molecular flexibility index (Phi) is 60.5. The summed E-state index contributed by atoms with van der Waals surface area (Å²) >= 11 is 0. The lowest BCUT2D eigenvalue weighted by Gasteiger charge is -2.41. The lowest BCUT2D eigenvalue weighted by molar-refractivity contribution is -0.305. The first kappa shape index (κ1) is 82.2. The summed E-state index contributed by atoms with van der Waals surface area (Å²) in [4.78, 5) is 26.7. The van der Waals surface area contributed by atoms with Gasteiger partial charge in [-0.3, -0.25) is 9.59 Å². The summed E-state index contributed by atoms with van der Waals surface area (Å²) in [6, 6.07) is -1.02. The average molecular weight is 1220 g/mol. The van der Waals surface area contributed by atoms with Crippen LogP contribution in [0.1, 0.15) is 380 Å². The van der Waals surface area contributed by atoms with Gasteiger partial charge in [-0.2, -0.15) is 0 Å². The Morgan fingerprint density at radius 1 is 0.442 bits per heavy atom. The number of unbranched alkanes of at least 4 members (excludes halogenated alkanes) is 50. The van der Waals surface area contributed by atoms with Gasteiger partial charge in [0.05, 0.1) is 25.4 Å². The first-order valence-corrected chi connectivity index (χ1v) is 37.6. The number of hydrogen-bond acceptors (Lipinski definition) is 10. The SMILES string of the molecule is CCCCCCCC/C=C/CCCCCCCCCCCCCCCCC(O)C(=O)NC(COC1OC(CO)C(O)C(O)C1OC(=O)CCCCCCCCCCCCCCCCCCCCCCC)C(O)/C=C/CCCCCCCCCCCC. The summed E-state index contributed by atoms with van der Waals surface area (Å²) < 4.78 is 17.7. The zero-order valence-electron chi connectivity index (χ0n) is 56.7. The molecule has 0 aliphatic carbocycles. The van der Waals surface area contributed by atoms with Crippen LogP contribution < -0.4 is 5.32 Å². The number of hydrogen-bond donors (Lipinski definition) is 6. The van der Waals surface area contributed by atoms with Gasteiger partial charge in [0.2, 0.25) is 5.91 Å². The molecule has 0 aromatic carbocycles. The van der Waals surface area contributed by atoms with Crippen molar-refractivity contribution in [3.05, 3.63) is 24.3 Å². The van der Waals surface area contributed by atoms with E-state index in [1.54, 1.807) is 6.08 Å². The fourth-order valence-electron chi connectivity index (χ4n) is 12.2. The predicted molar refractivity (Wildman–Crippen MR) is 361 cm³/mol. The Morgan fingerprint density at radius 2 is 0.767 bits per heavy atom. The molecule has 8 unspecified atom stereocenters. The molecule has 0 spiro atoms. The summed E-state index contributed by atoms with van der Waals surface area (Å²) in [6.45, 7) is 5.86. The van der Waals surface area contributed by atoms with E-state index in [9.17, 15) is 35.1 Å². The number of rotatable bonds is 66. The summed E-state index contributed by atoms with van der Waals surface area (Å²) in [5, 5.41) is 57.3. The van der Waals surface area contributed by atoms with E-state index in [0.29, 0.717) is 19.3 Å². The van der Waals surface area contributed by atoms with Gasteiger partial charge in [-0.1, -0.05) is 347 Å². The van der Waals surface area contributed by atoms with Crippen LogP contribution in [0.15, 0.2) is 24.3 Å². The highest BCUT2D eigenvalue weighted by molar-refractivity contribution is 5.80. The molecule has 0 aromatic rings. The Hall–Kier alpha value is -1.86. The Labute approximate surface area is 531 Å². The minimum atomic E-state index is -1.61. The van der Waals surface area contributed by atoms with E-state index >= 15 is 0 Å². The van der Waals surface area contributed by atoms with Crippen molar-refractivity contribution in [2.75, 3.05) is 13.2 Å². The molecule has 0 aromatic heterocycles. The maximum absolute atomic E-state index is 13.5. The summed E-state index contributed by atoms with van der Waals surface area (Å²) in [5.41, 5.74) is 0. The molecule has 1 aliphatic rings. The predicted octanol–water partition coefficient (Wildman–Crippen LogP) is 19.6. The third kappa shape index (κ3) is 49.9. The van der Waals surface area contributed by atoms with Crippen molar-refractivity contribution in [1.82, 2.24) is 5.32 Å². The molecular formula is C75H143NO10. The van der Waals surface area contributed by atoms with Gasteiger partial charge in [0.1, 0.15) is 24.4 Å². The van der Waals surface area contributed by atoms with Crippen LogP contribution in [-0.4, -0.2) is 99.6 Å². The van der Waals surface area contributed by atoms with E-state index in [0.717, 1.165) is 57.8 Å². The molecule has 11 heteroatoms. The van der Waals surface area contributed by atoms with Crippen LogP contribution >= 0.6 is 0 Å². The number of aliphatic hydroxyl groups is 5. The van der Waals surface area contributed by atoms with E-state index in [-0.39, 0.29) is 13.0 Å². The molecule has 0 radical (unpaired) electrons. The third-order valence-electron chi connectivity index (χ3n) is 18.1. The average Bonchev–Trinajstić information content (AvgIpc) is 3.68. The highest BCUT2D eigenvalue weighted by Crippen LogP contribution is 2.27. The highest BCUT2D eigenvalue weighted by Gasteiger charge is 2.47. The van der Waals surface area contributed by atoms with Gasteiger partial charge in [0.15, 0.2) is 12.4 Å². The zero-order chi connectivity index (χ0) is 62.4. The van der Waals surface area contributed by atoms with Crippen molar-refractivity contribution >= 4 is 11.9 Å². The standard InChI is InChI=1S/C75H143NO10/c1-4-7-10-13-16-19-22-25-27-29-31-33-34-35-37-38-40-42-44-47-50-53-56-59-62-68(79)74(83)76-66(67(78)61-58-55-52-49-46-24-21-18-15-12-9-6-3)65-84-75-73(72(82)71(81)69(64-77)85-75)86-70(80)63-60-57-54-51-48-45-43-41-39-36-32-30-28-26-23-20-17-14-11-8-5-2/h25,27,58,61,66-69,71-73,75,77-79,81-82H,4-24,26,28-57,59-60,62-65H2,1-3H3,(H,76,83)/b27-25+,61-58+. The fraction of sp³-hybridized carbons (Fsp3) is 0.920. The monoisotopic (exact) mass is 1220 g/mol. The highest BCUT2D eigenvalue weighted by atomic mass is 16.7. The smallest absolute Gasteiger partial charge is 0.306 e. The molecule has 1 rings (SSSR count). The molecule has 0 saturated carbocycles. The second-order valence-electron chi connectivity index (χ2n) is 26.4.